The first-order valence-electron chi connectivity index (χ1n) is 5.71. The summed E-state index contributed by atoms with van der Waals surface area (Å²) in [6.07, 6.45) is 1.57. The maximum absolute atomic E-state index is 13.2. The number of anilines is 2. The molecule has 1 atom stereocenters. The van der Waals surface area contributed by atoms with Gasteiger partial charge in [0.05, 0.1) is 11.3 Å². The number of nitrogens with one attached hydrogen (secondary N) is 1. The van der Waals surface area contributed by atoms with E-state index in [1.54, 1.807) is 30.5 Å². The molecule has 0 saturated carbocycles. The summed E-state index contributed by atoms with van der Waals surface area (Å²) < 4.78 is 24.5. The summed E-state index contributed by atoms with van der Waals surface area (Å²) in [7, 11) is -1.08. The number of hydrogen-bond acceptors (Lipinski definition) is 3. The minimum Gasteiger partial charge on any atom is -0.478 e. The Balaban J connectivity index is 2.31. The van der Waals surface area contributed by atoms with Crippen molar-refractivity contribution in [2.75, 3.05) is 11.6 Å². The molecule has 0 saturated heterocycles. The number of benzene rings is 2. The van der Waals surface area contributed by atoms with Crippen molar-refractivity contribution < 1.29 is 18.5 Å². The smallest absolute Gasteiger partial charge is 0.337 e. The zero-order valence-corrected chi connectivity index (χ0v) is 11.4. The molecule has 0 bridgehead atoms. The van der Waals surface area contributed by atoms with Gasteiger partial charge < -0.3 is 10.4 Å². The molecule has 0 heterocycles. The molecule has 0 radical (unpaired) electrons. The van der Waals surface area contributed by atoms with Gasteiger partial charge in [-0.25, -0.2) is 9.18 Å². The molecular formula is C14H12FNO3S. The topological polar surface area (TPSA) is 66.4 Å². The van der Waals surface area contributed by atoms with Crippen LogP contribution in [0.15, 0.2) is 47.4 Å². The van der Waals surface area contributed by atoms with Gasteiger partial charge in [-0.1, -0.05) is 0 Å². The van der Waals surface area contributed by atoms with Crippen LogP contribution in [0.2, 0.25) is 0 Å². The van der Waals surface area contributed by atoms with E-state index in [9.17, 15) is 13.4 Å². The number of carboxylic acids is 1. The van der Waals surface area contributed by atoms with Gasteiger partial charge in [0, 0.05) is 27.6 Å². The van der Waals surface area contributed by atoms with Gasteiger partial charge in [-0.2, -0.15) is 0 Å². The van der Waals surface area contributed by atoms with Crippen LogP contribution in [-0.4, -0.2) is 21.5 Å². The van der Waals surface area contributed by atoms with Gasteiger partial charge >= 0.3 is 5.97 Å². The van der Waals surface area contributed by atoms with Crippen LogP contribution in [-0.2, 0) is 10.8 Å². The monoisotopic (exact) mass is 293 g/mol. The summed E-state index contributed by atoms with van der Waals surface area (Å²) in [5.74, 6) is -1.66. The van der Waals surface area contributed by atoms with Gasteiger partial charge in [-0.3, -0.25) is 4.21 Å². The van der Waals surface area contributed by atoms with Gasteiger partial charge in [-0.05, 0) is 42.5 Å². The molecule has 0 spiro atoms. The Kier molecular flexibility index (Phi) is 4.14. The van der Waals surface area contributed by atoms with Crippen LogP contribution < -0.4 is 5.32 Å². The molecule has 0 aliphatic heterocycles. The van der Waals surface area contributed by atoms with Crippen LogP contribution in [0.1, 0.15) is 10.4 Å². The fraction of sp³-hybridized carbons (Fsp3) is 0.0714. The van der Waals surface area contributed by atoms with E-state index in [0.717, 1.165) is 12.1 Å². The van der Waals surface area contributed by atoms with Crippen LogP contribution in [0, 0.1) is 5.82 Å². The Bertz CT molecular complexity index is 671. The van der Waals surface area contributed by atoms with E-state index < -0.39 is 22.6 Å². The van der Waals surface area contributed by atoms with Crippen LogP contribution in [0.4, 0.5) is 15.8 Å². The van der Waals surface area contributed by atoms with E-state index in [0.29, 0.717) is 10.6 Å². The maximum Gasteiger partial charge on any atom is 0.337 e. The third-order valence-electron chi connectivity index (χ3n) is 2.68. The normalized spacial score (nSPS) is 11.9. The first kappa shape index (κ1) is 14.2. The molecule has 1 unspecified atom stereocenters. The van der Waals surface area contributed by atoms with Gasteiger partial charge in [0.1, 0.15) is 5.82 Å². The lowest BCUT2D eigenvalue weighted by molar-refractivity contribution is 0.0698. The predicted molar refractivity (Wildman–Crippen MR) is 75.4 cm³/mol. The third-order valence-corrected chi connectivity index (χ3v) is 3.61. The summed E-state index contributed by atoms with van der Waals surface area (Å²) in [5, 5.41) is 11.9. The molecule has 2 N–H and O–H groups in total. The Morgan fingerprint density at radius 1 is 1.20 bits per heavy atom. The predicted octanol–water partition coefficient (Wildman–Crippen LogP) is 3.00. The molecule has 2 aromatic rings. The number of hydrogen-bond donors (Lipinski definition) is 2. The molecule has 0 aromatic heterocycles. The van der Waals surface area contributed by atoms with Crippen molar-refractivity contribution in [1.29, 1.82) is 0 Å². The lowest BCUT2D eigenvalue weighted by atomic mass is 10.1. The number of carboxylic acid groups (broad SMARTS) is 1. The maximum atomic E-state index is 13.2. The zero-order chi connectivity index (χ0) is 14.7. The molecule has 0 aliphatic carbocycles. The highest BCUT2D eigenvalue weighted by atomic mass is 32.2. The summed E-state index contributed by atoms with van der Waals surface area (Å²) in [5.41, 5.74) is 0.740. The largest absolute Gasteiger partial charge is 0.478 e. The van der Waals surface area contributed by atoms with Gasteiger partial charge in [-0.15, -0.1) is 0 Å². The van der Waals surface area contributed by atoms with Gasteiger partial charge in [0.15, 0.2) is 0 Å². The molecule has 4 nitrogen and oxygen atoms in total. The summed E-state index contributed by atoms with van der Waals surface area (Å²) in [6.45, 7) is 0. The highest BCUT2D eigenvalue weighted by Gasteiger charge is 2.11. The third kappa shape index (κ3) is 3.21. The molecule has 0 aliphatic rings. The lowest BCUT2D eigenvalue weighted by Gasteiger charge is -2.10. The Morgan fingerprint density at radius 3 is 2.40 bits per heavy atom. The molecule has 6 heteroatoms. The van der Waals surface area contributed by atoms with Crippen molar-refractivity contribution in [3.63, 3.8) is 0 Å². The second kappa shape index (κ2) is 5.83. The van der Waals surface area contributed by atoms with Crippen molar-refractivity contribution in [2.24, 2.45) is 0 Å². The first-order valence-corrected chi connectivity index (χ1v) is 7.26. The molecular weight excluding hydrogens is 281 g/mol. The Morgan fingerprint density at radius 2 is 1.85 bits per heavy atom. The summed E-state index contributed by atoms with van der Waals surface area (Å²) in [6, 6.07) is 10.1. The number of rotatable bonds is 4. The highest BCUT2D eigenvalue weighted by molar-refractivity contribution is 7.84. The van der Waals surface area contributed by atoms with E-state index in [-0.39, 0.29) is 11.3 Å². The molecule has 20 heavy (non-hydrogen) atoms. The molecule has 2 aromatic carbocycles. The van der Waals surface area contributed by atoms with Crippen molar-refractivity contribution in [2.45, 2.75) is 4.90 Å². The lowest BCUT2D eigenvalue weighted by Crippen LogP contribution is -2.03. The standard InChI is InChI=1S/C14H12FNO3S/c1-20(19)11-5-3-10(4-6-11)16-13-8-9(15)2-7-12(13)14(17)18/h2-8,16H,1H3,(H,17,18). The van der Waals surface area contributed by atoms with Crippen LogP contribution >= 0.6 is 0 Å². The van der Waals surface area contributed by atoms with Crippen molar-refractivity contribution in [3.8, 4) is 0 Å². The Hall–Kier alpha value is -2.21. The van der Waals surface area contributed by atoms with Crippen LogP contribution in [0.5, 0.6) is 0 Å². The summed E-state index contributed by atoms with van der Waals surface area (Å²) >= 11 is 0. The van der Waals surface area contributed by atoms with Crippen LogP contribution in [0.25, 0.3) is 0 Å². The quantitative estimate of drug-likeness (QED) is 0.909. The van der Waals surface area contributed by atoms with E-state index in [1.807, 2.05) is 0 Å². The number of aromatic carboxylic acids is 1. The van der Waals surface area contributed by atoms with Crippen LogP contribution in [0.3, 0.4) is 0 Å². The first-order chi connectivity index (χ1) is 9.47. The zero-order valence-electron chi connectivity index (χ0n) is 10.6. The number of halogens is 1. The Labute approximate surface area is 117 Å². The van der Waals surface area contributed by atoms with Gasteiger partial charge in [0.25, 0.3) is 0 Å². The van der Waals surface area contributed by atoms with E-state index in [2.05, 4.69) is 5.32 Å². The fourth-order valence-corrected chi connectivity index (χ4v) is 2.21. The second-order valence-corrected chi connectivity index (χ2v) is 5.48. The minimum absolute atomic E-state index is 0.0189. The van der Waals surface area contributed by atoms with Crippen molar-refractivity contribution in [3.05, 3.63) is 53.8 Å². The molecule has 0 fully saturated rings. The van der Waals surface area contributed by atoms with Gasteiger partial charge in [0.2, 0.25) is 0 Å². The fourth-order valence-electron chi connectivity index (χ4n) is 1.69. The highest BCUT2D eigenvalue weighted by Crippen LogP contribution is 2.23. The number of carbonyl (C=O) groups is 1. The average Bonchev–Trinajstić information content (AvgIpc) is 2.39. The average molecular weight is 293 g/mol. The van der Waals surface area contributed by atoms with E-state index >= 15 is 0 Å². The minimum atomic E-state index is -1.14. The molecule has 2 rings (SSSR count). The van der Waals surface area contributed by atoms with Crippen molar-refractivity contribution in [1.82, 2.24) is 0 Å². The van der Waals surface area contributed by atoms with E-state index in [4.69, 9.17) is 5.11 Å². The van der Waals surface area contributed by atoms with Crippen molar-refractivity contribution >= 4 is 28.1 Å². The molecule has 0 amide bonds. The SMILES string of the molecule is CS(=O)c1ccc(Nc2cc(F)ccc2C(=O)O)cc1. The second-order valence-electron chi connectivity index (χ2n) is 4.10. The van der Waals surface area contributed by atoms with E-state index in [1.165, 1.54) is 6.07 Å². The summed E-state index contributed by atoms with van der Waals surface area (Å²) in [4.78, 5) is 11.7. The molecule has 104 valence electrons.